The van der Waals surface area contributed by atoms with Crippen molar-refractivity contribution >= 4 is 23.2 Å². The average molecular weight is 345 g/mol. The summed E-state index contributed by atoms with van der Waals surface area (Å²) in [6.45, 7) is 1.93. The zero-order valence-corrected chi connectivity index (χ0v) is 14.2. The van der Waals surface area contributed by atoms with Gasteiger partial charge in [0.15, 0.2) is 6.61 Å². The molecule has 126 valence electrons. The van der Waals surface area contributed by atoms with E-state index in [1.807, 2.05) is 6.07 Å². The fourth-order valence-corrected chi connectivity index (χ4v) is 3.00. The molecule has 1 heterocycles. The Morgan fingerprint density at radius 3 is 2.42 bits per heavy atom. The molecule has 0 bridgehead atoms. The van der Waals surface area contributed by atoms with Crippen molar-refractivity contribution in [1.29, 1.82) is 0 Å². The van der Waals surface area contributed by atoms with Crippen LogP contribution in [0.5, 0.6) is 5.75 Å². The SMILES string of the molecule is O=C(COc1ccc(Cl)cc1)NC1CCN(c2ccccc2)CC1. The number of para-hydroxylation sites is 1. The molecule has 2 aromatic carbocycles. The second-order valence-corrected chi connectivity index (χ2v) is 6.34. The summed E-state index contributed by atoms with van der Waals surface area (Å²) in [5, 5.41) is 3.71. The standard InChI is InChI=1S/C19H21ClN2O2/c20-15-6-8-18(9-7-15)24-14-19(23)21-16-10-12-22(13-11-16)17-4-2-1-3-5-17/h1-9,16H,10-14H2,(H,21,23). The van der Waals surface area contributed by atoms with Gasteiger partial charge in [-0.05, 0) is 49.2 Å². The van der Waals surface area contributed by atoms with Crippen LogP contribution in [0.4, 0.5) is 5.69 Å². The van der Waals surface area contributed by atoms with E-state index in [2.05, 4.69) is 34.5 Å². The zero-order chi connectivity index (χ0) is 16.8. The largest absolute Gasteiger partial charge is 0.484 e. The number of hydrogen-bond acceptors (Lipinski definition) is 3. The topological polar surface area (TPSA) is 41.6 Å². The summed E-state index contributed by atoms with van der Waals surface area (Å²) in [7, 11) is 0. The maximum absolute atomic E-state index is 12.0. The van der Waals surface area contributed by atoms with Gasteiger partial charge in [-0.3, -0.25) is 4.79 Å². The summed E-state index contributed by atoms with van der Waals surface area (Å²) >= 11 is 5.82. The second-order valence-electron chi connectivity index (χ2n) is 5.91. The maximum atomic E-state index is 12.0. The number of rotatable bonds is 5. The summed E-state index contributed by atoms with van der Waals surface area (Å²) in [6.07, 6.45) is 1.89. The first-order valence-corrected chi connectivity index (χ1v) is 8.56. The quantitative estimate of drug-likeness (QED) is 0.902. The minimum Gasteiger partial charge on any atom is -0.484 e. The van der Waals surface area contributed by atoms with Gasteiger partial charge in [0.1, 0.15) is 5.75 Å². The highest BCUT2D eigenvalue weighted by Crippen LogP contribution is 2.19. The molecule has 1 amide bonds. The van der Waals surface area contributed by atoms with E-state index in [-0.39, 0.29) is 18.6 Å². The van der Waals surface area contributed by atoms with Gasteiger partial charge in [0, 0.05) is 29.8 Å². The molecule has 0 aromatic heterocycles. The Bertz CT molecular complexity index is 653. The molecule has 4 nitrogen and oxygen atoms in total. The number of carbonyl (C=O) groups is 1. The van der Waals surface area contributed by atoms with Gasteiger partial charge in [0.2, 0.25) is 0 Å². The molecule has 1 saturated heterocycles. The molecule has 1 fully saturated rings. The molecule has 1 N–H and O–H groups in total. The third-order valence-corrected chi connectivity index (χ3v) is 4.42. The van der Waals surface area contributed by atoms with Crippen LogP contribution >= 0.6 is 11.6 Å². The van der Waals surface area contributed by atoms with Crippen molar-refractivity contribution in [2.24, 2.45) is 0 Å². The maximum Gasteiger partial charge on any atom is 0.258 e. The van der Waals surface area contributed by atoms with Crippen molar-refractivity contribution in [3.05, 3.63) is 59.6 Å². The van der Waals surface area contributed by atoms with E-state index in [1.165, 1.54) is 5.69 Å². The van der Waals surface area contributed by atoms with Crippen LogP contribution in [0.15, 0.2) is 54.6 Å². The highest BCUT2D eigenvalue weighted by atomic mass is 35.5. The lowest BCUT2D eigenvalue weighted by Gasteiger charge is -2.33. The minimum absolute atomic E-state index is 0.0283. The van der Waals surface area contributed by atoms with Crippen molar-refractivity contribution in [2.45, 2.75) is 18.9 Å². The molecule has 3 rings (SSSR count). The van der Waals surface area contributed by atoms with Crippen molar-refractivity contribution in [3.63, 3.8) is 0 Å². The summed E-state index contributed by atoms with van der Waals surface area (Å²) < 4.78 is 5.47. The first-order valence-electron chi connectivity index (χ1n) is 8.18. The van der Waals surface area contributed by atoms with E-state index in [1.54, 1.807) is 24.3 Å². The molecule has 0 unspecified atom stereocenters. The third-order valence-electron chi connectivity index (χ3n) is 4.16. The number of anilines is 1. The van der Waals surface area contributed by atoms with Crippen LogP contribution in [-0.4, -0.2) is 31.6 Å². The van der Waals surface area contributed by atoms with Gasteiger partial charge in [-0.15, -0.1) is 0 Å². The number of halogens is 1. The Balaban J connectivity index is 1.41. The highest BCUT2D eigenvalue weighted by molar-refractivity contribution is 6.30. The first kappa shape index (κ1) is 16.7. The Morgan fingerprint density at radius 1 is 1.08 bits per heavy atom. The van der Waals surface area contributed by atoms with Gasteiger partial charge < -0.3 is 15.0 Å². The van der Waals surface area contributed by atoms with Crippen LogP contribution in [0, 0.1) is 0 Å². The minimum atomic E-state index is -0.0805. The van der Waals surface area contributed by atoms with Gasteiger partial charge in [-0.2, -0.15) is 0 Å². The van der Waals surface area contributed by atoms with E-state index < -0.39 is 0 Å². The lowest BCUT2D eigenvalue weighted by molar-refractivity contribution is -0.123. The van der Waals surface area contributed by atoms with Crippen LogP contribution in [-0.2, 0) is 4.79 Å². The number of piperidine rings is 1. The Hall–Kier alpha value is -2.20. The van der Waals surface area contributed by atoms with E-state index in [0.29, 0.717) is 10.8 Å². The number of nitrogens with zero attached hydrogens (tertiary/aromatic N) is 1. The number of hydrogen-bond donors (Lipinski definition) is 1. The Morgan fingerprint density at radius 2 is 1.75 bits per heavy atom. The van der Waals surface area contributed by atoms with E-state index >= 15 is 0 Å². The van der Waals surface area contributed by atoms with Crippen LogP contribution in [0.1, 0.15) is 12.8 Å². The Labute approximate surface area is 147 Å². The van der Waals surface area contributed by atoms with E-state index in [9.17, 15) is 4.79 Å². The van der Waals surface area contributed by atoms with Gasteiger partial charge in [0.05, 0.1) is 0 Å². The van der Waals surface area contributed by atoms with Crippen LogP contribution in [0.3, 0.4) is 0 Å². The third kappa shape index (κ3) is 4.65. The first-order chi connectivity index (χ1) is 11.7. The predicted octanol–water partition coefficient (Wildman–Crippen LogP) is 3.50. The highest BCUT2D eigenvalue weighted by Gasteiger charge is 2.20. The molecule has 0 radical (unpaired) electrons. The fourth-order valence-electron chi connectivity index (χ4n) is 2.87. The lowest BCUT2D eigenvalue weighted by Crippen LogP contribution is -2.46. The molecule has 0 aliphatic carbocycles. The molecule has 0 saturated carbocycles. The monoisotopic (exact) mass is 344 g/mol. The molecule has 1 aliphatic heterocycles. The van der Waals surface area contributed by atoms with Crippen molar-refractivity contribution in [2.75, 3.05) is 24.6 Å². The molecule has 0 atom stereocenters. The van der Waals surface area contributed by atoms with Crippen molar-refractivity contribution in [3.8, 4) is 5.75 Å². The lowest BCUT2D eigenvalue weighted by atomic mass is 10.0. The molecule has 1 aliphatic rings. The molecule has 24 heavy (non-hydrogen) atoms. The predicted molar refractivity (Wildman–Crippen MR) is 96.8 cm³/mol. The van der Waals surface area contributed by atoms with Gasteiger partial charge in [-0.1, -0.05) is 29.8 Å². The van der Waals surface area contributed by atoms with Crippen molar-refractivity contribution in [1.82, 2.24) is 5.32 Å². The van der Waals surface area contributed by atoms with Gasteiger partial charge >= 0.3 is 0 Å². The van der Waals surface area contributed by atoms with Crippen LogP contribution in [0.25, 0.3) is 0 Å². The number of carbonyl (C=O) groups excluding carboxylic acids is 1. The molecular weight excluding hydrogens is 324 g/mol. The number of benzene rings is 2. The molecule has 2 aromatic rings. The van der Waals surface area contributed by atoms with Crippen LogP contribution < -0.4 is 15.0 Å². The normalized spacial score (nSPS) is 15.1. The summed E-state index contributed by atoms with van der Waals surface area (Å²) in [6, 6.07) is 17.6. The average Bonchev–Trinajstić information content (AvgIpc) is 2.63. The fraction of sp³-hybridized carbons (Fsp3) is 0.316. The smallest absolute Gasteiger partial charge is 0.258 e. The second kappa shape index (κ2) is 8.06. The van der Waals surface area contributed by atoms with Crippen molar-refractivity contribution < 1.29 is 9.53 Å². The van der Waals surface area contributed by atoms with Gasteiger partial charge in [-0.25, -0.2) is 0 Å². The van der Waals surface area contributed by atoms with E-state index in [4.69, 9.17) is 16.3 Å². The Kier molecular flexibility index (Phi) is 5.59. The molecule has 0 spiro atoms. The molecular formula is C19H21ClN2O2. The van der Waals surface area contributed by atoms with Gasteiger partial charge in [0.25, 0.3) is 5.91 Å². The summed E-state index contributed by atoms with van der Waals surface area (Å²) in [4.78, 5) is 14.4. The number of nitrogens with one attached hydrogen (secondary N) is 1. The van der Waals surface area contributed by atoms with Crippen LogP contribution in [0.2, 0.25) is 5.02 Å². The number of amides is 1. The zero-order valence-electron chi connectivity index (χ0n) is 13.5. The van der Waals surface area contributed by atoms with E-state index in [0.717, 1.165) is 25.9 Å². The molecule has 5 heteroatoms. The number of ether oxygens (including phenoxy) is 1. The summed E-state index contributed by atoms with van der Waals surface area (Å²) in [5.41, 5.74) is 1.24. The summed E-state index contributed by atoms with van der Waals surface area (Å²) in [5.74, 6) is 0.566.